The van der Waals surface area contributed by atoms with Crippen molar-refractivity contribution in [3.8, 4) is 0 Å². The van der Waals surface area contributed by atoms with Crippen molar-refractivity contribution in [3.05, 3.63) is 29.1 Å². The summed E-state index contributed by atoms with van der Waals surface area (Å²) in [5.41, 5.74) is 0.274. The number of rotatable bonds is 2. The first-order valence-corrected chi connectivity index (χ1v) is 4.73. The fraction of sp³-hybridized carbons (Fsp3) is 0.300. The molecule has 0 fully saturated rings. The number of nitrogens with zero attached hydrogens (tertiary/aromatic N) is 1. The Labute approximate surface area is 99.9 Å². The molecule has 2 N–H and O–H groups in total. The Morgan fingerprint density at radius 2 is 1.72 bits per heavy atom. The number of hydrazine groups is 1. The molecule has 0 unspecified atom stereocenters. The monoisotopic (exact) mass is 266 g/mol. The van der Waals surface area contributed by atoms with Gasteiger partial charge in [-0.3, -0.25) is 0 Å². The van der Waals surface area contributed by atoms with Crippen molar-refractivity contribution in [1.29, 1.82) is 0 Å². The lowest BCUT2D eigenvalue weighted by Gasteiger charge is -2.19. The summed E-state index contributed by atoms with van der Waals surface area (Å²) in [6, 6.07) is 2.32. The number of anilines is 1. The summed E-state index contributed by atoms with van der Waals surface area (Å²) in [5, 5.41) is 0.148. The molecule has 0 amide bonds. The third kappa shape index (κ3) is 3.10. The van der Waals surface area contributed by atoms with Gasteiger partial charge in [0.25, 0.3) is 0 Å². The smallest absolute Gasteiger partial charge is 0.316 e. The highest BCUT2D eigenvalue weighted by Crippen LogP contribution is 2.22. The molecular formula is C10H10F4N2O2. The largest absolute Gasteiger partial charge is 0.493 e. The molecule has 0 aliphatic rings. The van der Waals surface area contributed by atoms with Gasteiger partial charge in [-0.25, -0.2) is 15.0 Å². The molecule has 0 aromatic heterocycles. The van der Waals surface area contributed by atoms with Crippen LogP contribution in [0.3, 0.4) is 0 Å². The van der Waals surface area contributed by atoms with Crippen LogP contribution >= 0.6 is 0 Å². The predicted molar refractivity (Wildman–Crippen MR) is 54.7 cm³/mol. The molecule has 100 valence electrons. The van der Waals surface area contributed by atoms with E-state index in [0.29, 0.717) is 0 Å². The van der Waals surface area contributed by atoms with E-state index in [9.17, 15) is 22.4 Å². The molecule has 1 aromatic carbocycles. The molecule has 0 saturated heterocycles. The van der Waals surface area contributed by atoms with E-state index in [-0.39, 0.29) is 22.0 Å². The Morgan fingerprint density at radius 3 is 2.11 bits per heavy atom. The first-order valence-electron chi connectivity index (χ1n) is 4.73. The quantitative estimate of drug-likeness (QED) is 0.506. The molecule has 0 radical (unpaired) electrons. The van der Waals surface area contributed by atoms with Crippen LogP contribution in [0, 0.1) is 19.7 Å². The fourth-order valence-corrected chi connectivity index (χ4v) is 1.24. The standard InChI is InChI=1S/C10H10F4N2O2/c1-5-3-7(4-6(2)8(5)11)16(15)18-9(17)10(12,13)14/h3-4H,15H2,1-2H3. The first kappa shape index (κ1) is 14.2. The summed E-state index contributed by atoms with van der Waals surface area (Å²) in [6.45, 7) is 2.82. The van der Waals surface area contributed by atoms with Crippen LogP contribution in [0.25, 0.3) is 0 Å². The molecule has 18 heavy (non-hydrogen) atoms. The van der Waals surface area contributed by atoms with E-state index in [2.05, 4.69) is 4.84 Å². The highest BCUT2D eigenvalue weighted by molar-refractivity contribution is 5.76. The molecule has 0 bridgehead atoms. The summed E-state index contributed by atoms with van der Waals surface area (Å²) in [5.74, 6) is 2.19. The number of halogens is 4. The van der Waals surface area contributed by atoms with Crippen LogP contribution in [0.1, 0.15) is 11.1 Å². The van der Waals surface area contributed by atoms with Crippen LogP contribution in [0.2, 0.25) is 0 Å². The lowest BCUT2D eigenvalue weighted by atomic mass is 10.1. The van der Waals surface area contributed by atoms with Gasteiger partial charge in [-0.2, -0.15) is 13.2 Å². The number of hydrogen-bond donors (Lipinski definition) is 1. The average Bonchev–Trinajstić information content (AvgIpc) is 2.23. The lowest BCUT2D eigenvalue weighted by molar-refractivity contribution is -0.201. The maximum Gasteiger partial charge on any atom is 0.493 e. The molecule has 0 aliphatic heterocycles. The molecule has 4 nitrogen and oxygen atoms in total. The van der Waals surface area contributed by atoms with Crippen LogP contribution in [0.5, 0.6) is 0 Å². The zero-order valence-corrected chi connectivity index (χ0v) is 9.51. The number of alkyl halides is 3. The van der Waals surface area contributed by atoms with Gasteiger partial charge in [0, 0.05) is 0 Å². The predicted octanol–water partition coefficient (Wildman–Crippen LogP) is 2.14. The van der Waals surface area contributed by atoms with E-state index in [1.807, 2.05) is 0 Å². The van der Waals surface area contributed by atoms with Gasteiger partial charge in [0.2, 0.25) is 0 Å². The maximum absolute atomic E-state index is 13.3. The van der Waals surface area contributed by atoms with E-state index in [4.69, 9.17) is 5.84 Å². The Balaban J connectivity index is 2.92. The van der Waals surface area contributed by atoms with Crippen LogP contribution in [0.15, 0.2) is 12.1 Å². The van der Waals surface area contributed by atoms with Crippen molar-refractivity contribution < 1.29 is 27.2 Å². The highest BCUT2D eigenvalue weighted by atomic mass is 19.4. The van der Waals surface area contributed by atoms with Gasteiger partial charge in [-0.05, 0) is 37.1 Å². The summed E-state index contributed by atoms with van der Waals surface area (Å²) < 4.78 is 49.1. The van der Waals surface area contributed by atoms with E-state index in [1.54, 1.807) is 0 Å². The van der Waals surface area contributed by atoms with Crippen molar-refractivity contribution in [2.24, 2.45) is 5.84 Å². The summed E-state index contributed by atoms with van der Waals surface area (Å²) >= 11 is 0. The van der Waals surface area contributed by atoms with Gasteiger partial charge in [0.15, 0.2) is 0 Å². The van der Waals surface area contributed by atoms with Crippen molar-refractivity contribution in [2.45, 2.75) is 20.0 Å². The zero-order valence-electron chi connectivity index (χ0n) is 9.51. The number of benzene rings is 1. The molecule has 0 atom stereocenters. The van der Waals surface area contributed by atoms with Gasteiger partial charge in [0.1, 0.15) is 5.82 Å². The molecule has 0 aliphatic carbocycles. The number of carbonyl (C=O) groups is 1. The average molecular weight is 266 g/mol. The maximum atomic E-state index is 13.3. The number of hydrogen-bond acceptors (Lipinski definition) is 4. The molecule has 8 heteroatoms. The molecule has 0 heterocycles. The summed E-state index contributed by atoms with van der Waals surface area (Å²) in [6.07, 6.45) is -5.15. The molecule has 1 aromatic rings. The van der Waals surface area contributed by atoms with E-state index < -0.39 is 18.0 Å². The van der Waals surface area contributed by atoms with Crippen LogP contribution < -0.4 is 11.0 Å². The van der Waals surface area contributed by atoms with Gasteiger partial charge in [-0.15, -0.1) is 5.17 Å². The Bertz CT molecular complexity index is 450. The van der Waals surface area contributed by atoms with E-state index >= 15 is 0 Å². The van der Waals surface area contributed by atoms with Gasteiger partial charge in [-0.1, -0.05) is 0 Å². The minimum Gasteiger partial charge on any atom is -0.316 e. The van der Waals surface area contributed by atoms with Crippen LogP contribution in [-0.4, -0.2) is 12.1 Å². The SMILES string of the molecule is Cc1cc(N(N)OC(=O)C(F)(F)F)cc(C)c1F. The van der Waals surface area contributed by atoms with Crippen molar-refractivity contribution >= 4 is 11.7 Å². The second-order valence-electron chi connectivity index (χ2n) is 3.60. The molecule has 0 saturated carbocycles. The fourth-order valence-electron chi connectivity index (χ4n) is 1.24. The third-order valence-corrected chi connectivity index (χ3v) is 2.09. The second kappa shape index (κ2) is 4.81. The number of carbonyl (C=O) groups excluding carboxylic acids is 1. The minimum absolute atomic E-state index is 0.0657. The van der Waals surface area contributed by atoms with Crippen LogP contribution in [-0.2, 0) is 9.63 Å². The minimum atomic E-state index is -5.15. The third-order valence-electron chi connectivity index (χ3n) is 2.09. The molecular weight excluding hydrogens is 256 g/mol. The number of aryl methyl sites for hydroxylation is 2. The van der Waals surface area contributed by atoms with Gasteiger partial charge >= 0.3 is 12.1 Å². The summed E-state index contributed by atoms with van der Waals surface area (Å²) in [4.78, 5) is 14.4. The topological polar surface area (TPSA) is 55.6 Å². The summed E-state index contributed by atoms with van der Waals surface area (Å²) in [7, 11) is 0. The first-order chi connectivity index (χ1) is 8.12. The van der Waals surface area contributed by atoms with Gasteiger partial charge < -0.3 is 4.84 Å². The molecule has 0 spiro atoms. The Hall–Kier alpha value is -1.83. The zero-order chi connectivity index (χ0) is 14.1. The second-order valence-corrected chi connectivity index (χ2v) is 3.60. The van der Waals surface area contributed by atoms with Crippen LogP contribution in [0.4, 0.5) is 23.2 Å². The lowest BCUT2D eigenvalue weighted by Crippen LogP contribution is -2.39. The van der Waals surface area contributed by atoms with E-state index in [1.165, 1.54) is 13.8 Å². The van der Waals surface area contributed by atoms with Crippen molar-refractivity contribution in [1.82, 2.24) is 0 Å². The van der Waals surface area contributed by atoms with Crippen molar-refractivity contribution in [2.75, 3.05) is 5.17 Å². The highest BCUT2D eigenvalue weighted by Gasteiger charge is 2.42. The van der Waals surface area contributed by atoms with Crippen molar-refractivity contribution in [3.63, 3.8) is 0 Å². The Morgan fingerprint density at radius 1 is 1.28 bits per heavy atom. The Kier molecular flexibility index (Phi) is 3.80. The van der Waals surface area contributed by atoms with Gasteiger partial charge in [0.05, 0.1) is 5.69 Å². The normalized spacial score (nSPS) is 11.3. The van der Waals surface area contributed by atoms with E-state index in [0.717, 1.165) is 12.1 Å². The molecule has 1 rings (SSSR count). The number of nitrogens with two attached hydrogens (primary N) is 1.